The summed E-state index contributed by atoms with van der Waals surface area (Å²) >= 11 is 0. The Morgan fingerprint density at radius 1 is 0.971 bits per heavy atom. The molecule has 0 aliphatic carbocycles. The van der Waals surface area contributed by atoms with E-state index in [1.807, 2.05) is 79.4 Å². The quantitative estimate of drug-likeness (QED) is 0.379. The first kappa shape index (κ1) is 25.3. The van der Waals surface area contributed by atoms with E-state index in [1.54, 1.807) is 27.0 Å². The van der Waals surface area contributed by atoms with E-state index < -0.39 is 17.9 Å². The molecule has 0 spiro atoms. The molecule has 0 saturated carbocycles. The Balaban J connectivity index is 1.82. The molecule has 180 valence electrons. The summed E-state index contributed by atoms with van der Waals surface area (Å²) in [6, 6.07) is 19.8. The van der Waals surface area contributed by atoms with Gasteiger partial charge in [-0.25, -0.2) is 14.2 Å². The van der Waals surface area contributed by atoms with Crippen molar-refractivity contribution in [3.63, 3.8) is 0 Å². The van der Waals surface area contributed by atoms with Gasteiger partial charge in [-0.3, -0.25) is 4.98 Å². The normalized spacial score (nSPS) is 12.4. The van der Waals surface area contributed by atoms with Gasteiger partial charge in [-0.1, -0.05) is 60.7 Å². The second-order valence-corrected chi connectivity index (χ2v) is 9.16. The summed E-state index contributed by atoms with van der Waals surface area (Å²) in [5.74, 6) is -0.383. The second-order valence-electron chi connectivity index (χ2n) is 9.16. The number of benzene rings is 2. The molecule has 0 aliphatic rings. The van der Waals surface area contributed by atoms with Crippen molar-refractivity contribution in [2.75, 3.05) is 18.1 Å². The van der Waals surface area contributed by atoms with Gasteiger partial charge in [0, 0.05) is 23.7 Å². The lowest BCUT2D eigenvalue weighted by atomic mass is 10.0. The first-order valence-corrected chi connectivity index (χ1v) is 11.4. The fourth-order valence-electron chi connectivity index (χ4n) is 3.43. The van der Waals surface area contributed by atoms with E-state index in [-0.39, 0.29) is 12.6 Å². The van der Waals surface area contributed by atoms with Crippen molar-refractivity contribution in [1.82, 2.24) is 9.97 Å². The molecule has 0 radical (unpaired) electrons. The van der Waals surface area contributed by atoms with Crippen molar-refractivity contribution < 1.29 is 18.7 Å². The van der Waals surface area contributed by atoms with Crippen LogP contribution in [0.4, 0.5) is 10.2 Å². The monoisotopic (exact) mass is 465 g/mol. The minimum absolute atomic E-state index is 0.0125. The highest BCUT2D eigenvalue weighted by molar-refractivity contribution is 5.78. The minimum Gasteiger partial charge on any atom is -0.456 e. The van der Waals surface area contributed by atoms with Crippen LogP contribution in [0.5, 0.6) is 0 Å². The van der Waals surface area contributed by atoms with Crippen molar-refractivity contribution in [3.8, 4) is 22.5 Å². The Hall–Kier alpha value is -3.32. The van der Waals surface area contributed by atoms with E-state index in [4.69, 9.17) is 19.4 Å². The highest BCUT2D eigenvalue weighted by Gasteiger charge is 2.26. The van der Waals surface area contributed by atoms with E-state index in [0.717, 1.165) is 22.5 Å². The van der Waals surface area contributed by atoms with Crippen LogP contribution in [0.25, 0.3) is 22.5 Å². The van der Waals surface area contributed by atoms with Crippen LogP contribution in [0.2, 0.25) is 0 Å². The van der Waals surface area contributed by atoms with Gasteiger partial charge in [-0.2, -0.15) is 0 Å². The number of carbonyl (C=O) groups is 1. The lowest BCUT2D eigenvalue weighted by molar-refractivity contribution is -0.180. The van der Waals surface area contributed by atoms with Crippen molar-refractivity contribution in [1.29, 1.82) is 0 Å². The first-order valence-electron chi connectivity index (χ1n) is 11.4. The molecule has 2 aromatic carbocycles. The number of ether oxygens (including phenoxy) is 2. The van der Waals surface area contributed by atoms with Crippen LogP contribution in [0, 0.1) is 0 Å². The molecule has 1 heterocycles. The maximum atomic E-state index is 14.2. The number of carbonyl (C=O) groups excluding carboxylic acids is 1. The van der Waals surface area contributed by atoms with Gasteiger partial charge in [-0.15, -0.1) is 0 Å². The fourth-order valence-corrected chi connectivity index (χ4v) is 3.43. The van der Waals surface area contributed by atoms with Gasteiger partial charge in [0.2, 0.25) is 0 Å². The lowest BCUT2D eigenvalue weighted by Crippen LogP contribution is -2.37. The summed E-state index contributed by atoms with van der Waals surface area (Å²) in [7, 11) is 0. The molecule has 0 aliphatic heterocycles. The Labute approximate surface area is 200 Å². The number of rotatable bonds is 9. The standard InChI is InChI=1S/C27H32FN3O3/c1-19(2)31(16-17-33-25(28)26(32)34-27(3,4)5)22-18-29-23(20-12-8-6-9-13-20)24(30-22)21-14-10-7-11-15-21/h6-15,18-19,25H,16-17H2,1-5H3. The zero-order valence-corrected chi connectivity index (χ0v) is 20.4. The molecule has 0 amide bonds. The zero-order chi connectivity index (χ0) is 24.7. The van der Waals surface area contributed by atoms with Gasteiger partial charge < -0.3 is 14.4 Å². The molecule has 3 rings (SSSR count). The molecule has 0 fully saturated rings. The van der Waals surface area contributed by atoms with Crippen LogP contribution >= 0.6 is 0 Å². The van der Waals surface area contributed by atoms with Crippen LogP contribution in [0.15, 0.2) is 66.9 Å². The van der Waals surface area contributed by atoms with Gasteiger partial charge in [0.1, 0.15) is 11.4 Å². The van der Waals surface area contributed by atoms with Crippen LogP contribution in [-0.2, 0) is 14.3 Å². The van der Waals surface area contributed by atoms with Crippen molar-refractivity contribution in [3.05, 3.63) is 66.9 Å². The summed E-state index contributed by atoms with van der Waals surface area (Å²) in [5.41, 5.74) is 2.68. The molecule has 0 saturated heterocycles. The molecule has 1 aromatic heterocycles. The van der Waals surface area contributed by atoms with Gasteiger partial charge in [-0.05, 0) is 34.6 Å². The Kier molecular flexibility index (Phi) is 8.34. The molecule has 0 bridgehead atoms. The third kappa shape index (κ3) is 6.84. The van der Waals surface area contributed by atoms with Gasteiger partial charge >= 0.3 is 5.97 Å². The number of anilines is 1. The molecule has 1 atom stereocenters. The predicted molar refractivity (Wildman–Crippen MR) is 132 cm³/mol. The van der Waals surface area contributed by atoms with E-state index in [9.17, 15) is 9.18 Å². The smallest absolute Gasteiger partial charge is 0.369 e. The fraction of sp³-hybridized carbons (Fsp3) is 0.370. The highest BCUT2D eigenvalue weighted by Crippen LogP contribution is 2.30. The lowest BCUT2D eigenvalue weighted by Gasteiger charge is -2.28. The zero-order valence-electron chi connectivity index (χ0n) is 20.4. The SMILES string of the molecule is CC(C)N(CCOC(F)C(=O)OC(C)(C)C)c1cnc(-c2ccccc2)c(-c2ccccc2)n1. The number of esters is 1. The number of hydrogen-bond acceptors (Lipinski definition) is 6. The Morgan fingerprint density at radius 3 is 2.06 bits per heavy atom. The molecule has 6 nitrogen and oxygen atoms in total. The number of halogens is 1. The summed E-state index contributed by atoms with van der Waals surface area (Å²) < 4.78 is 24.3. The highest BCUT2D eigenvalue weighted by atomic mass is 19.1. The molecule has 3 aromatic rings. The maximum Gasteiger partial charge on any atom is 0.369 e. The molecule has 34 heavy (non-hydrogen) atoms. The van der Waals surface area contributed by atoms with Gasteiger partial charge in [0.05, 0.1) is 24.2 Å². The summed E-state index contributed by atoms with van der Waals surface area (Å²) in [4.78, 5) is 23.5. The van der Waals surface area contributed by atoms with Gasteiger partial charge in [0.25, 0.3) is 6.36 Å². The van der Waals surface area contributed by atoms with E-state index >= 15 is 0 Å². The molecular weight excluding hydrogens is 433 g/mol. The maximum absolute atomic E-state index is 14.2. The minimum atomic E-state index is -2.14. The summed E-state index contributed by atoms with van der Waals surface area (Å²) in [5, 5.41) is 0. The van der Waals surface area contributed by atoms with E-state index in [1.165, 1.54) is 0 Å². The number of aromatic nitrogens is 2. The largest absolute Gasteiger partial charge is 0.456 e. The van der Waals surface area contributed by atoms with E-state index in [0.29, 0.717) is 12.4 Å². The topological polar surface area (TPSA) is 64.5 Å². The van der Waals surface area contributed by atoms with Gasteiger partial charge in [0.15, 0.2) is 0 Å². The molecule has 1 unspecified atom stereocenters. The second kappa shape index (κ2) is 11.2. The van der Waals surface area contributed by atoms with Crippen LogP contribution < -0.4 is 4.90 Å². The Morgan fingerprint density at radius 2 is 1.53 bits per heavy atom. The average Bonchev–Trinajstić information content (AvgIpc) is 2.81. The predicted octanol–water partition coefficient (Wildman–Crippen LogP) is 5.68. The molecule has 7 heteroatoms. The third-order valence-corrected chi connectivity index (χ3v) is 4.96. The van der Waals surface area contributed by atoms with Crippen molar-refractivity contribution in [2.24, 2.45) is 0 Å². The average molecular weight is 466 g/mol. The van der Waals surface area contributed by atoms with Crippen LogP contribution in [0.1, 0.15) is 34.6 Å². The number of hydrogen-bond donors (Lipinski definition) is 0. The number of alkyl halides is 1. The van der Waals surface area contributed by atoms with Crippen molar-refractivity contribution >= 4 is 11.8 Å². The Bertz CT molecular complexity index is 1070. The first-order chi connectivity index (χ1) is 16.2. The number of nitrogens with zero attached hydrogens (tertiary/aromatic N) is 3. The van der Waals surface area contributed by atoms with Crippen LogP contribution in [-0.4, -0.2) is 47.1 Å². The van der Waals surface area contributed by atoms with E-state index in [2.05, 4.69) is 0 Å². The molecule has 0 N–H and O–H groups in total. The summed E-state index contributed by atoms with van der Waals surface area (Å²) in [6.45, 7) is 9.38. The summed E-state index contributed by atoms with van der Waals surface area (Å²) in [6.07, 6.45) is -0.421. The van der Waals surface area contributed by atoms with Crippen LogP contribution in [0.3, 0.4) is 0 Å². The van der Waals surface area contributed by atoms with Crippen molar-refractivity contribution in [2.45, 2.75) is 52.6 Å². The molecular formula is C27H32FN3O3. The third-order valence-electron chi connectivity index (χ3n) is 4.96.